The van der Waals surface area contributed by atoms with Crippen molar-refractivity contribution in [3.8, 4) is 0 Å². The van der Waals surface area contributed by atoms with Crippen molar-refractivity contribution in [2.24, 2.45) is 0 Å². The number of aromatic nitrogens is 1. The molecule has 1 aromatic heterocycles. The zero-order valence-electron chi connectivity index (χ0n) is 10.1. The van der Waals surface area contributed by atoms with Gasteiger partial charge in [-0.1, -0.05) is 6.92 Å². The molecule has 0 aliphatic carbocycles. The van der Waals surface area contributed by atoms with E-state index in [4.69, 9.17) is 0 Å². The van der Waals surface area contributed by atoms with Crippen LogP contribution in [0.5, 0.6) is 0 Å². The van der Waals surface area contributed by atoms with Gasteiger partial charge in [0.1, 0.15) is 0 Å². The minimum atomic E-state index is 0.166. The maximum atomic E-state index is 4.29. The number of thiazole rings is 1. The number of hydrogen-bond donors (Lipinski definition) is 1. The highest BCUT2D eigenvalue weighted by Crippen LogP contribution is 2.08. The maximum absolute atomic E-state index is 4.29. The molecule has 0 bridgehead atoms. The van der Waals surface area contributed by atoms with E-state index < -0.39 is 0 Å². The Labute approximate surface area is 96.5 Å². The molecule has 86 valence electrons. The summed E-state index contributed by atoms with van der Waals surface area (Å²) in [5, 5.41) is 5.58. The molecule has 1 N–H and O–H groups in total. The second-order valence-electron chi connectivity index (χ2n) is 4.57. The minimum absolute atomic E-state index is 0.166. The molecule has 0 saturated carbocycles. The van der Waals surface area contributed by atoms with Crippen LogP contribution in [0.3, 0.4) is 0 Å². The second kappa shape index (κ2) is 5.58. The highest BCUT2D eigenvalue weighted by Gasteiger charge is 2.18. The lowest BCUT2D eigenvalue weighted by molar-refractivity contribution is 0.230. The first-order valence-corrected chi connectivity index (χ1v) is 6.28. The molecule has 0 amide bonds. The number of hydrogen-bond acceptors (Lipinski definition) is 4. The predicted molar refractivity (Wildman–Crippen MR) is 66.2 cm³/mol. The van der Waals surface area contributed by atoms with Crippen LogP contribution >= 0.6 is 11.3 Å². The van der Waals surface area contributed by atoms with Crippen LogP contribution < -0.4 is 5.32 Å². The van der Waals surface area contributed by atoms with Gasteiger partial charge < -0.3 is 5.32 Å². The first-order valence-electron chi connectivity index (χ1n) is 5.34. The van der Waals surface area contributed by atoms with Gasteiger partial charge >= 0.3 is 0 Å². The lowest BCUT2D eigenvalue weighted by Crippen LogP contribution is -2.47. The normalized spacial score (nSPS) is 12.3. The van der Waals surface area contributed by atoms with E-state index in [-0.39, 0.29) is 5.54 Å². The molecule has 1 rings (SSSR count). The van der Waals surface area contributed by atoms with Gasteiger partial charge in [0.25, 0.3) is 0 Å². The first kappa shape index (κ1) is 12.6. The molecule has 0 saturated heterocycles. The Morgan fingerprint density at radius 1 is 1.53 bits per heavy atom. The SMILES string of the molecule is CCNC(C)(C)CN(C)Cc1cscn1. The fourth-order valence-corrected chi connectivity index (χ4v) is 2.41. The van der Waals surface area contributed by atoms with Crippen LogP contribution in [0.2, 0.25) is 0 Å². The molecule has 0 unspecified atom stereocenters. The minimum Gasteiger partial charge on any atom is -0.311 e. The van der Waals surface area contributed by atoms with Crippen molar-refractivity contribution >= 4 is 11.3 Å². The van der Waals surface area contributed by atoms with Gasteiger partial charge in [-0.25, -0.2) is 4.98 Å². The number of likely N-dealkylation sites (N-methyl/N-ethyl adjacent to an activating group) is 2. The van der Waals surface area contributed by atoms with E-state index in [9.17, 15) is 0 Å². The monoisotopic (exact) mass is 227 g/mol. The Kier molecular flexibility index (Phi) is 4.70. The van der Waals surface area contributed by atoms with Crippen molar-refractivity contribution < 1.29 is 0 Å². The molecular weight excluding hydrogens is 206 g/mol. The van der Waals surface area contributed by atoms with Gasteiger partial charge in [0.15, 0.2) is 0 Å². The summed E-state index contributed by atoms with van der Waals surface area (Å²) in [5.74, 6) is 0. The topological polar surface area (TPSA) is 28.2 Å². The summed E-state index contributed by atoms with van der Waals surface area (Å²) in [6.45, 7) is 9.57. The molecule has 0 aromatic carbocycles. The summed E-state index contributed by atoms with van der Waals surface area (Å²) in [7, 11) is 2.14. The van der Waals surface area contributed by atoms with Crippen LogP contribution in [-0.4, -0.2) is 35.6 Å². The van der Waals surface area contributed by atoms with Crippen LogP contribution in [0.1, 0.15) is 26.5 Å². The van der Waals surface area contributed by atoms with E-state index in [0.29, 0.717) is 0 Å². The summed E-state index contributed by atoms with van der Waals surface area (Å²) in [5.41, 5.74) is 3.22. The van der Waals surface area contributed by atoms with Crippen LogP contribution in [0.15, 0.2) is 10.9 Å². The summed E-state index contributed by atoms with van der Waals surface area (Å²) in [6, 6.07) is 0. The highest BCUT2D eigenvalue weighted by atomic mass is 32.1. The average molecular weight is 227 g/mol. The molecule has 0 aliphatic heterocycles. The standard InChI is InChI=1S/C11H21N3S/c1-5-13-11(2,3)8-14(4)6-10-7-15-9-12-10/h7,9,13H,5-6,8H2,1-4H3. The van der Waals surface area contributed by atoms with E-state index in [1.54, 1.807) is 11.3 Å². The summed E-state index contributed by atoms with van der Waals surface area (Å²) < 4.78 is 0. The quantitative estimate of drug-likeness (QED) is 0.805. The molecule has 0 aliphatic rings. The molecule has 0 radical (unpaired) electrons. The van der Waals surface area contributed by atoms with E-state index in [1.807, 2.05) is 5.51 Å². The van der Waals surface area contributed by atoms with Gasteiger partial charge in [0.2, 0.25) is 0 Å². The van der Waals surface area contributed by atoms with Crippen LogP contribution in [0, 0.1) is 0 Å². The third kappa shape index (κ3) is 4.73. The average Bonchev–Trinajstić information content (AvgIpc) is 2.54. The fourth-order valence-electron chi connectivity index (χ4n) is 1.86. The third-order valence-corrected chi connectivity index (χ3v) is 2.87. The van der Waals surface area contributed by atoms with Crippen molar-refractivity contribution in [2.45, 2.75) is 32.9 Å². The zero-order chi connectivity index (χ0) is 11.3. The largest absolute Gasteiger partial charge is 0.311 e. The number of rotatable bonds is 6. The Hall–Kier alpha value is -0.450. The number of nitrogens with zero attached hydrogens (tertiary/aromatic N) is 2. The molecule has 0 spiro atoms. The lowest BCUT2D eigenvalue weighted by atomic mass is 10.1. The maximum Gasteiger partial charge on any atom is 0.0795 e. The molecule has 3 nitrogen and oxygen atoms in total. The summed E-state index contributed by atoms with van der Waals surface area (Å²) in [6.07, 6.45) is 0. The van der Waals surface area contributed by atoms with Crippen molar-refractivity contribution in [3.63, 3.8) is 0 Å². The van der Waals surface area contributed by atoms with Crippen LogP contribution in [0.25, 0.3) is 0 Å². The van der Waals surface area contributed by atoms with Gasteiger partial charge in [-0.05, 0) is 27.4 Å². The van der Waals surface area contributed by atoms with E-state index in [2.05, 4.69) is 48.4 Å². The molecule has 15 heavy (non-hydrogen) atoms. The van der Waals surface area contributed by atoms with Crippen LogP contribution in [0.4, 0.5) is 0 Å². The smallest absolute Gasteiger partial charge is 0.0795 e. The predicted octanol–water partition coefficient (Wildman–Crippen LogP) is 1.96. The van der Waals surface area contributed by atoms with Crippen molar-refractivity contribution in [2.75, 3.05) is 20.1 Å². The van der Waals surface area contributed by atoms with Gasteiger partial charge in [-0.3, -0.25) is 4.90 Å². The van der Waals surface area contributed by atoms with E-state index in [0.717, 1.165) is 25.3 Å². The van der Waals surface area contributed by atoms with E-state index >= 15 is 0 Å². The molecular formula is C11H21N3S. The Balaban J connectivity index is 2.38. The number of nitrogens with one attached hydrogen (secondary N) is 1. The molecule has 0 atom stereocenters. The Morgan fingerprint density at radius 3 is 2.80 bits per heavy atom. The highest BCUT2D eigenvalue weighted by molar-refractivity contribution is 7.07. The van der Waals surface area contributed by atoms with Crippen LogP contribution in [-0.2, 0) is 6.54 Å². The Bertz CT molecular complexity index is 269. The molecule has 1 aromatic rings. The zero-order valence-corrected chi connectivity index (χ0v) is 10.9. The van der Waals surface area contributed by atoms with Gasteiger partial charge in [0.05, 0.1) is 11.2 Å². The van der Waals surface area contributed by atoms with Crippen molar-refractivity contribution in [1.82, 2.24) is 15.2 Å². The van der Waals surface area contributed by atoms with Crippen molar-refractivity contribution in [3.05, 3.63) is 16.6 Å². The first-order chi connectivity index (χ1) is 7.03. The van der Waals surface area contributed by atoms with E-state index in [1.165, 1.54) is 0 Å². The van der Waals surface area contributed by atoms with Gasteiger partial charge in [0, 0.05) is 24.0 Å². The van der Waals surface area contributed by atoms with Gasteiger partial charge in [-0.2, -0.15) is 0 Å². The molecule has 0 fully saturated rings. The Morgan fingerprint density at radius 2 is 2.27 bits per heavy atom. The molecule has 1 heterocycles. The third-order valence-electron chi connectivity index (χ3n) is 2.24. The summed E-state index contributed by atoms with van der Waals surface area (Å²) in [4.78, 5) is 6.59. The lowest BCUT2D eigenvalue weighted by Gasteiger charge is -2.30. The fraction of sp³-hybridized carbons (Fsp3) is 0.727. The molecule has 4 heteroatoms. The summed E-state index contributed by atoms with van der Waals surface area (Å²) >= 11 is 1.66. The second-order valence-corrected chi connectivity index (χ2v) is 5.28. The van der Waals surface area contributed by atoms with Crippen molar-refractivity contribution in [1.29, 1.82) is 0 Å². The van der Waals surface area contributed by atoms with Gasteiger partial charge in [-0.15, -0.1) is 11.3 Å².